The van der Waals surface area contributed by atoms with E-state index in [-0.39, 0.29) is 11.8 Å². The van der Waals surface area contributed by atoms with E-state index in [0.717, 1.165) is 25.7 Å². The molecule has 1 heterocycles. The number of fused-ring (bicyclic) bond motifs is 3. The van der Waals surface area contributed by atoms with Crippen LogP contribution in [0.2, 0.25) is 0 Å². The van der Waals surface area contributed by atoms with Gasteiger partial charge in [0.2, 0.25) is 0 Å². The quantitative estimate of drug-likeness (QED) is 0.611. The third-order valence-corrected chi connectivity index (χ3v) is 6.48. The molecule has 27 heavy (non-hydrogen) atoms. The van der Waals surface area contributed by atoms with Crippen LogP contribution in [-0.2, 0) is 16.6 Å². The topological polar surface area (TPSA) is 53.1 Å². The molecule has 0 saturated heterocycles. The Hall–Kier alpha value is -2.55. The zero-order valence-electron chi connectivity index (χ0n) is 16.1. The fourth-order valence-electron chi connectivity index (χ4n) is 4.99. The summed E-state index contributed by atoms with van der Waals surface area (Å²) in [7, 11) is 0. The first-order chi connectivity index (χ1) is 13.0. The van der Waals surface area contributed by atoms with Crippen LogP contribution in [0.3, 0.4) is 0 Å². The zero-order valence-corrected chi connectivity index (χ0v) is 16.1. The lowest BCUT2D eigenvalue weighted by Gasteiger charge is -2.39. The van der Waals surface area contributed by atoms with Crippen LogP contribution in [0.15, 0.2) is 48.5 Å². The molecule has 1 aliphatic rings. The molecular weight excluding hydrogens is 334 g/mol. The Morgan fingerprint density at radius 3 is 2.67 bits per heavy atom. The second-order valence-corrected chi connectivity index (χ2v) is 8.04. The molecule has 4 rings (SSSR count). The van der Waals surface area contributed by atoms with Crippen molar-refractivity contribution in [3.8, 4) is 0 Å². The average Bonchev–Trinajstić information content (AvgIpc) is 3.06. The first-order valence-corrected chi connectivity index (χ1v) is 9.91. The van der Waals surface area contributed by atoms with Gasteiger partial charge in [-0.15, -0.1) is 0 Å². The SMILES string of the molecule is CCC1(CC(=O)O)CC[C@@H](Cc2ccccc2)c2c1[nH]c1c(C)cccc21. The first-order valence-electron chi connectivity index (χ1n) is 9.91. The maximum atomic E-state index is 11.7. The van der Waals surface area contributed by atoms with Gasteiger partial charge in [-0.2, -0.15) is 0 Å². The fraction of sp³-hybridized carbons (Fsp3) is 0.375. The number of carboxylic acids is 1. The number of aromatic amines is 1. The molecule has 0 bridgehead atoms. The summed E-state index contributed by atoms with van der Waals surface area (Å²) in [5.41, 5.74) is 5.97. The van der Waals surface area contributed by atoms with Crippen molar-refractivity contribution in [2.75, 3.05) is 0 Å². The second kappa shape index (κ2) is 6.88. The van der Waals surface area contributed by atoms with Gasteiger partial charge in [0.05, 0.1) is 6.42 Å². The number of nitrogens with one attached hydrogen (secondary N) is 1. The van der Waals surface area contributed by atoms with Crippen molar-refractivity contribution < 1.29 is 9.90 Å². The molecule has 0 spiro atoms. The number of carboxylic acid groups (broad SMARTS) is 1. The highest BCUT2D eigenvalue weighted by molar-refractivity contribution is 5.89. The number of carbonyl (C=O) groups is 1. The minimum Gasteiger partial charge on any atom is -0.481 e. The second-order valence-electron chi connectivity index (χ2n) is 8.04. The highest BCUT2D eigenvalue weighted by atomic mass is 16.4. The molecule has 3 nitrogen and oxygen atoms in total. The van der Waals surface area contributed by atoms with Crippen molar-refractivity contribution >= 4 is 16.9 Å². The van der Waals surface area contributed by atoms with E-state index in [4.69, 9.17) is 0 Å². The van der Waals surface area contributed by atoms with Crippen LogP contribution < -0.4 is 0 Å². The van der Waals surface area contributed by atoms with Gasteiger partial charge in [-0.05, 0) is 55.2 Å². The van der Waals surface area contributed by atoms with E-state index in [9.17, 15) is 9.90 Å². The van der Waals surface area contributed by atoms with Crippen molar-refractivity contribution in [3.63, 3.8) is 0 Å². The molecule has 3 heteroatoms. The van der Waals surface area contributed by atoms with E-state index in [0.29, 0.717) is 5.92 Å². The van der Waals surface area contributed by atoms with Crippen LogP contribution in [0.5, 0.6) is 0 Å². The summed E-state index contributed by atoms with van der Waals surface area (Å²) in [5.74, 6) is -0.286. The van der Waals surface area contributed by atoms with Gasteiger partial charge in [-0.25, -0.2) is 0 Å². The summed E-state index contributed by atoms with van der Waals surface area (Å²) >= 11 is 0. The van der Waals surface area contributed by atoms with Crippen molar-refractivity contribution in [1.82, 2.24) is 4.98 Å². The van der Waals surface area contributed by atoms with Crippen molar-refractivity contribution in [3.05, 3.63) is 70.9 Å². The highest BCUT2D eigenvalue weighted by Gasteiger charge is 2.42. The summed E-state index contributed by atoms with van der Waals surface area (Å²) in [6, 6.07) is 17.1. The molecule has 1 unspecified atom stereocenters. The highest BCUT2D eigenvalue weighted by Crippen LogP contribution is 2.50. The molecule has 3 aromatic rings. The third kappa shape index (κ3) is 3.05. The molecule has 1 aliphatic carbocycles. The first kappa shape index (κ1) is 17.8. The molecule has 2 aromatic carbocycles. The fourth-order valence-corrected chi connectivity index (χ4v) is 4.99. The maximum absolute atomic E-state index is 11.7. The molecule has 0 fully saturated rings. The summed E-state index contributed by atoms with van der Waals surface area (Å²) in [5, 5.41) is 10.9. The average molecular weight is 361 g/mol. The molecule has 140 valence electrons. The van der Waals surface area contributed by atoms with Crippen molar-refractivity contribution in [2.24, 2.45) is 0 Å². The number of H-pyrrole nitrogens is 1. The number of hydrogen-bond donors (Lipinski definition) is 2. The van der Waals surface area contributed by atoms with Gasteiger partial charge in [0.25, 0.3) is 0 Å². The smallest absolute Gasteiger partial charge is 0.304 e. The molecule has 0 radical (unpaired) electrons. The normalized spacial score (nSPS) is 21.9. The molecule has 2 N–H and O–H groups in total. The molecule has 2 atom stereocenters. The van der Waals surface area contributed by atoms with Crippen LogP contribution >= 0.6 is 0 Å². The van der Waals surface area contributed by atoms with Crippen LogP contribution in [0, 0.1) is 6.92 Å². The van der Waals surface area contributed by atoms with Gasteiger partial charge in [0.15, 0.2) is 0 Å². The molecule has 0 aliphatic heterocycles. The van der Waals surface area contributed by atoms with E-state index in [1.165, 1.54) is 33.3 Å². The number of aliphatic carboxylic acids is 1. The Morgan fingerprint density at radius 1 is 1.19 bits per heavy atom. The van der Waals surface area contributed by atoms with E-state index in [2.05, 4.69) is 67.4 Å². The number of aryl methyl sites for hydroxylation is 1. The minimum absolute atomic E-state index is 0.195. The van der Waals surface area contributed by atoms with E-state index in [1.807, 2.05) is 0 Å². The summed E-state index contributed by atoms with van der Waals surface area (Å²) in [4.78, 5) is 15.4. The predicted octanol–water partition coefficient (Wildman–Crippen LogP) is 5.72. The van der Waals surface area contributed by atoms with E-state index < -0.39 is 5.97 Å². The number of para-hydroxylation sites is 1. The lowest BCUT2D eigenvalue weighted by molar-refractivity contribution is -0.138. The van der Waals surface area contributed by atoms with Crippen LogP contribution in [0.25, 0.3) is 10.9 Å². The zero-order chi connectivity index (χ0) is 19.0. The lowest BCUT2D eigenvalue weighted by Crippen LogP contribution is -2.34. The Morgan fingerprint density at radius 2 is 1.96 bits per heavy atom. The molecule has 1 aromatic heterocycles. The van der Waals surface area contributed by atoms with E-state index >= 15 is 0 Å². The monoisotopic (exact) mass is 361 g/mol. The van der Waals surface area contributed by atoms with Crippen LogP contribution in [0.1, 0.15) is 60.9 Å². The summed E-state index contributed by atoms with van der Waals surface area (Å²) < 4.78 is 0. The Balaban J connectivity index is 1.88. The Kier molecular flexibility index (Phi) is 4.55. The van der Waals surface area contributed by atoms with Gasteiger partial charge < -0.3 is 10.1 Å². The number of aromatic nitrogens is 1. The van der Waals surface area contributed by atoms with Crippen LogP contribution in [0.4, 0.5) is 0 Å². The molecular formula is C24H27NO2. The summed E-state index contributed by atoms with van der Waals surface area (Å²) in [6.45, 7) is 4.25. The predicted molar refractivity (Wildman–Crippen MR) is 109 cm³/mol. The number of benzene rings is 2. The van der Waals surface area contributed by atoms with Gasteiger partial charge in [0, 0.05) is 22.0 Å². The molecule has 0 saturated carbocycles. The van der Waals surface area contributed by atoms with Crippen LogP contribution in [-0.4, -0.2) is 16.1 Å². The molecule has 0 amide bonds. The number of hydrogen-bond acceptors (Lipinski definition) is 1. The third-order valence-electron chi connectivity index (χ3n) is 6.48. The lowest BCUT2D eigenvalue weighted by atomic mass is 9.65. The van der Waals surface area contributed by atoms with Gasteiger partial charge in [0.1, 0.15) is 0 Å². The number of rotatable bonds is 5. The standard InChI is InChI=1S/C24H27NO2/c1-3-24(15-20(26)27)13-12-18(14-17-9-5-4-6-10-17)21-19-11-7-8-16(2)22(19)25-23(21)24/h4-11,18,25H,3,12-15H2,1-2H3,(H,26,27)/t18-,24?/m0/s1. The Labute approximate surface area is 160 Å². The largest absolute Gasteiger partial charge is 0.481 e. The Bertz CT molecular complexity index is 973. The van der Waals surface area contributed by atoms with Gasteiger partial charge in [-0.3, -0.25) is 4.79 Å². The van der Waals surface area contributed by atoms with Gasteiger partial charge >= 0.3 is 5.97 Å². The van der Waals surface area contributed by atoms with E-state index in [1.54, 1.807) is 0 Å². The van der Waals surface area contributed by atoms with Crippen molar-refractivity contribution in [1.29, 1.82) is 0 Å². The van der Waals surface area contributed by atoms with Crippen molar-refractivity contribution in [2.45, 2.75) is 57.3 Å². The maximum Gasteiger partial charge on any atom is 0.304 e. The van der Waals surface area contributed by atoms with Gasteiger partial charge in [-0.1, -0.05) is 55.5 Å². The summed E-state index contributed by atoms with van der Waals surface area (Å²) in [6.07, 6.45) is 3.99. The minimum atomic E-state index is -0.709.